The summed E-state index contributed by atoms with van der Waals surface area (Å²) in [6.07, 6.45) is -0.0936. The topological polar surface area (TPSA) is 71.5 Å². The minimum absolute atomic E-state index is 0.0468. The molecule has 0 aromatic carbocycles. The molecule has 1 N–H and O–H groups in total. The largest absolute Gasteiger partial charge is 0.373 e. The predicted molar refractivity (Wildman–Crippen MR) is 83.9 cm³/mol. The lowest BCUT2D eigenvalue weighted by Crippen LogP contribution is -2.49. The number of hydrogen-bond acceptors (Lipinski definition) is 6. The summed E-state index contributed by atoms with van der Waals surface area (Å²) in [5.74, 6) is 0.107. The van der Waals surface area contributed by atoms with Crippen molar-refractivity contribution in [2.45, 2.75) is 39.5 Å². The second kappa shape index (κ2) is 7.15. The van der Waals surface area contributed by atoms with Gasteiger partial charge in [-0.15, -0.1) is 11.3 Å². The Morgan fingerprint density at radius 1 is 1.43 bits per heavy atom. The van der Waals surface area contributed by atoms with Crippen LogP contribution in [0.1, 0.15) is 24.5 Å². The first kappa shape index (κ1) is 16.8. The van der Waals surface area contributed by atoms with E-state index in [1.54, 1.807) is 15.6 Å². The number of nitrogens with zero attached hydrogens (tertiary/aromatic N) is 2. The van der Waals surface area contributed by atoms with Crippen molar-refractivity contribution in [3.8, 4) is 0 Å². The van der Waals surface area contributed by atoms with Gasteiger partial charge in [0, 0.05) is 31.6 Å². The Bertz CT molecular complexity index is 549. The van der Waals surface area contributed by atoms with Crippen molar-refractivity contribution in [1.82, 2.24) is 14.6 Å². The van der Waals surface area contributed by atoms with Crippen LogP contribution in [0.25, 0.3) is 0 Å². The Morgan fingerprint density at radius 3 is 2.67 bits per heavy atom. The van der Waals surface area contributed by atoms with Gasteiger partial charge in [0.1, 0.15) is 0 Å². The molecule has 0 spiro atoms. The number of hydrogen-bond donors (Lipinski definition) is 1. The third-order valence-corrected chi connectivity index (χ3v) is 5.92. The summed E-state index contributed by atoms with van der Waals surface area (Å²) < 4.78 is 31.7. The Hall–Kier alpha value is -0.540. The summed E-state index contributed by atoms with van der Waals surface area (Å²) in [6.45, 7) is 7.69. The first-order chi connectivity index (χ1) is 9.87. The van der Waals surface area contributed by atoms with Crippen LogP contribution in [0.3, 0.4) is 0 Å². The Morgan fingerprint density at radius 2 is 2.10 bits per heavy atom. The summed E-state index contributed by atoms with van der Waals surface area (Å²) in [6, 6.07) is 0. The number of sulfonamides is 1. The number of morpholine rings is 1. The maximum atomic E-state index is 12.3. The van der Waals surface area contributed by atoms with Crippen molar-refractivity contribution < 1.29 is 13.2 Å². The quantitative estimate of drug-likeness (QED) is 0.786. The molecule has 1 aliphatic rings. The average Bonchev–Trinajstić information content (AvgIpc) is 2.79. The summed E-state index contributed by atoms with van der Waals surface area (Å²) in [4.78, 5) is 4.33. The van der Waals surface area contributed by atoms with Crippen molar-refractivity contribution in [2.75, 3.05) is 25.4 Å². The summed E-state index contributed by atoms with van der Waals surface area (Å²) >= 11 is 1.60. The molecule has 120 valence electrons. The molecule has 21 heavy (non-hydrogen) atoms. The van der Waals surface area contributed by atoms with E-state index >= 15 is 0 Å². The predicted octanol–water partition coefficient (Wildman–Crippen LogP) is 0.980. The molecule has 1 saturated heterocycles. The highest BCUT2D eigenvalue weighted by Crippen LogP contribution is 2.14. The summed E-state index contributed by atoms with van der Waals surface area (Å²) in [7, 11) is -3.23. The van der Waals surface area contributed by atoms with Crippen molar-refractivity contribution >= 4 is 21.4 Å². The van der Waals surface area contributed by atoms with E-state index in [0.717, 1.165) is 10.7 Å². The monoisotopic (exact) mass is 333 g/mol. The van der Waals surface area contributed by atoms with E-state index < -0.39 is 10.0 Å². The van der Waals surface area contributed by atoms with E-state index in [1.165, 1.54) is 0 Å². The lowest BCUT2D eigenvalue weighted by molar-refractivity contribution is -0.0440. The van der Waals surface area contributed by atoms with Crippen molar-refractivity contribution in [2.24, 2.45) is 0 Å². The maximum absolute atomic E-state index is 12.3. The lowest BCUT2D eigenvalue weighted by Gasteiger charge is -2.34. The fraction of sp³-hybridized carbons (Fsp3) is 0.769. The Kier molecular flexibility index (Phi) is 5.73. The van der Waals surface area contributed by atoms with Crippen LogP contribution in [-0.4, -0.2) is 55.3 Å². The van der Waals surface area contributed by atoms with Crippen molar-refractivity contribution in [3.63, 3.8) is 0 Å². The number of ether oxygens (including phenoxy) is 1. The van der Waals surface area contributed by atoms with Gasteiger partial charge >= 0.3 is 0 Å². The standard InChI is InChI=1S/C13H23N3O3S2/c1-10-7-16(8-11(2)19-10)21(17,18)5-4-14-6-13-9-20-12(3)15-13/h9-11,14H,4-8H2,1-3H3. The maximum Gasteiger partial charge on any atom is 0.215 e. The van der Waals surface area contributed by atoms with Crippen LogP contribution in [0, 0.1) is 6.92 Å². The van der Waals surface area contributed by atoms with Crippen molar-refractivity contribution in [3.05, 3.63) is 16.1 Å². The average molecular weight is 333 g/mol. The van der Waals surface area contributed by atoms with E-state index in [1.807, 2.05) is 26.2 Å². The molecule has 2 heterocycles. The second-order valence-electron chi connectivity index (χ2n) is 5.42. The van der Waals surface area contributed by atoms with Gasteiger partial charge in [-0.3, -0.25) is 0 Å². The van der Waals surface area contributed by atoms with Gasteiger partial charge in [-0.2, -0.15) is 4.31 Å². The van der Waals surface area contributed by atoms with Crippen LogP contribution in [0.2, 0.25) is 0 Å². The van der Waals surface area contributed by atoms with Crippen LogP contribution < -0.4 is 5.32 Å². The van der Waals surface area contributed by atoms with Crippen LogP contribution in [0.4, 0.5) is 0 Å². The van der Waals surface area contributed by atoms with Gasteiger partial charge in [0.2, 0.25) is 10.0 Å². The Balaban J connectivity index is 1.78. The van der Waals surface area contributed by atoms with Crippen LogP contribution in [0.15, 0.2) is 5.38 Å². The molecule has 0 saturated carbocycles. The molecule has 0 aliphatic carbocycles. The molecule has 2 rings (SSSR count). The molecule has 1 aliphatic heterocycles. The first-order valence-electron chi connectivity index (χ1n) is 7.12. The molecule has 6 nitrogen and oxygen atoms in total. The highest BCUT2D eigenvalue weighted by atomic mass is 32.2. The molecule has 1 fully saturated rings. The zero-order chi connectivity index (χ0) is 15.5. The summed E-state index contributed by atoms with van der Waals surface area (Å²) in [5.41, 5.74) is 0.962. The van der Waals surface area contributed by atoms with Gasteiger partial charge in [-0.1, -0.05) is 0 Å². The second-order valence-corrected chi connectivity index (χ2v) is 8.58. The lowest BCUT2D eigenvalue weighted by atomic mass is 10.3. The molecular weight excluding hydrogens is 310 g/mol. The third kappa shape index (κ3) is 5.00. The number of thiazole rings is 1. The van der Waals surface area contributed by atoms with Crippen LogP contribution in [-0.2, 0) is 21.3 Å². The first-order valence-corrected chi connectivity index (χ1v) is 9.60. The molecule has 1 aromatic rings. The van der Waals surface area contributed by atoms with E-state index in [9.17, 15) is 8.42 Å². The molecular formula is C13H23N3O3S2. The van der Waals surface area contributed by atoms with E-state index in [4.69, 9.17) is 4.74 Å². The number of nitrogens with one attached hydrogen (secondary N) is 1. The Labute approximate surface area is 130 Å². The number of rotatable bonds is 6. The zero-order valence-corrected chi connectivity index (χ0v) is 14.3. The van der Waals surface area contributed by atoms with Crippen LogP contribution in [0.5, 0.6) is 0 Å². The minimum atomic E-state index is -3.23. The molecule has 1 aromatic heterocycles. The molecule has 0 amide bonds. The van der Waals surface area contributed by atoms with E-state index in [0.29, 0.717) is 26.2 Å². The normalized spacial score (nSPS) is 24.3. The van der Waals surface area contributed by atoms with Crippen LogP contribution >= 0.6 is 11.3 Å². The molecule has 2 unspecified atom stereocenters. The smallest absolute Gasteiger partial charge is 0.215 e. The van der Waals surface area contributed by atoms with E-state index in [2.05, 4.69) is 10.3 Å². The van der Waals surface area contributed by atoms with Gasteiger partial charge in [-0.25, -0.2) is 13.4 Å². The van der Waals surface area contributed by atoms with E-state index in [-0.39, 0.29) is 18.0 Å². The van der Waals surface area contributed by atoms with Gasteiger partial charge in [-0.05, 0) is 20.8 Å². The fourth-order valence-electron chi connectivity index (χ4n) is 2.39. The summed E-state index contributed by atoms with van der Waals surface area (Å²) in [5, 5.41) is 6.15. The SMILES string of the molecule is Cc1nc(CNCCS(=O)(=O)N2CC(C)OC(C)C2)cs1. The molecule has 8 heteroatoms. The zero-order valence-electron chi connectivity index (χ0n) is 12.7. The van der Waals surface area contributed by atoms with Gasteiger partial charge in [0.15, 0.2) is 0 Å². The fourth-order valence-corrected chi connectivity index (χ4v) is 4.54. The molecule has 0 bridgehead atoms. The number of aromatic nitrogens is 1. The highest BCUT2D eigenvalue weighted by Gasteiger charge is 2.30. The molecule has 0 radical (unpaired) electrons. The van der Waals surface area contributed by atoms with Gasteiger partial charge < -0.3 is 10.1 Å². The van der Waals surface area contributed by atoms with Gasteiger partial charge in [0.25, 0.3) is 0 Å². The molecule has 2 atom stereocenters. The highest BCUT2D eigenvalue weighted by molar-refractivity contribution is 7.89. The minimum Gasteiger partial charge on any atom is -0.373 e. The third-order valence-electron chi connectivity index (χ3n) is 3.29. The number of aryl methyl sites for hydroxylation is 1. The van der Waals surface area contributed by atoms with Gasteiger partial charge in [0.05, 0.1) is 28.7 Å². The van der Waals surface area contributed by atoms with Crippen molar-refractivity contribution in [1.29, 1.82) is 0 Å².